The summed E-state index contributed by atoms with van der Waals surface area (Å²) in [6, 6.07) is 7.85. The van der Waals surface area contributed by atoms with E-state index in [0.717, 1.165) is 43.1 Å². The molecular formula is C14H18ClNO2. The maximum Gasteiger partial charge on any atom is 0.309 e. The van der Waals surface area contributed by atoms with Crippen LogP contribution in [0.3, 0.4) is 0 Å². The fourth-order valence-corrected chi connectivity index (χ4v) is 2.62. The minimum Gasteiger partial charge on any atom is -0.469 e. The van der Waals surface area contributed by atoms with Crippen molar-refractivity contribution >= 4 is 17.6 Å². The Morgan fingerprint density at radius 3 is 3.00 bits per heavy atom. The van der Waals surface area contributed by atoms with Crippen LogP contribution in [-0.2, 0) is 16.1 Å². The summed E-state index contributed by atoms with van der Waals surface area (Å²) in [5.41, 5.74) is 1.12. The zero-order valence-electron chi connectivity index (χ0n) is 10.6. The second-order valence-electron chi connectivity index (χ2n) is 4.69. The van der Waals surface area contributed by atoms with E-state index in [1.165, 1.54) is 7.11 Å². The van der Waals surface area contributed by atoms with Gasteiger partial charge in [0.2, 0.25) is 0 Å². The third kappa shape index (κ3) is 3.24. The summed E-state index contributed by atoms with van der Waals surface area (Å²) in [4.78, 5) is 13.8. The molecule has 0 bridgehead atoms. The molecule has 1 aliphatic heterocycles. The molecule has 3 nitrogen and oxygen atoms in total. The van der Waals surface area contributed by atoms with Crippen molar-refractivity contribution in [2.75, 3.05) is 20.2 Å². The fraction of sp³-hybridized carbons (Fsp3) is 0.500. The minimum atomic E-state index is -0.0983. The molecular weight excluding hydrogens is 250 g/mol. The Kier molecular flexibility index (Phi) is 4.61. The minimum absolute atomic E-state index is 0.00578. The number of hydrogen-bond acceptors (Lipinski definition) is 3. The number of carbonyl (C=O) groups is 1. The van der Waals surface area contributed by atoms with Crippen LogP contribution in [0.15, 0.2) is 24.3 Å². The molecule has 1 aromatic rings. The molecule has 1 atom stereocenters. The van der Waals surface area contributed by atoms with Gasteiger partial charge in [0.05, 0.1) is 13.0 Å². The van der Waals surface area contributed by atoms with E-state index >= 15 is 0 Å². The van der Waals surface area contributed by atoms with E-state index in [-0.39, 0.29) is 11.9 Å². The van der Waals surface area contributed by atoms with Gasteiger partial charge in [0.15, 0.2) is 0 Å². The fourth-order valence-electron chi connectivity index (χ4n) is 2.43. The third-order valence-electron chi connectivity index (χ3n) is 3.39. The summed E-state index contributed by atoms with van der Waals surface area (Å²) < 4.78 is 4.82. The predicted octanol–water partition coefficient (Wildman–Crippen LogP) is 2.73. The van der Waals surface area contributed by atoms with E-state index in [4.69, 9.17) is 16.3 Å². The molecule has 0 N–H and O–H groups in total. The zero-order valence-corrected chi connectivity index (χ0v) is 11.3. The van der Waals surface area contributed by atoms with Gasteiger partial charge in [-0.05, 0) is 31.0 Å². The molecule has 0 amide bonds. The number of piperidine rings is 1. The molecule has 1 saturated heterocycles. The van der Waals surface area contributed by atoms with Gasteiger partial charge in [-0.2, -0.15) is 0 Å². The molecule has 1 fully saturated rings. The number of halogens is 1. The molecule has 98 valence electrons. The Hall–Kier alpha value is -1.06. The van der Waals surface area contributed by atoms with Gasteiger partial charge in [0, 0.05) is 18.1 Å². The van der Waals surface area contributed by atoms with Crippen LogP contribution in [0.4, 0.5) is 0 Å². The molecule has 1 heterocycles. The highest BCUT2D eigenvalue weighted by Crippen LogP contribution is 2.22. The van der Waals surface area contributed by atoms with Crippen molar-refractivity contribution in [3.05, 3.63) is 34.9 Å². The monoisotopic (exact) mass is 267 g/mol. The lowest BCUT2D eigenvalue weighted by molar-refractivity contribution is -0.147. The number of benzene rings is 1. The summed E-state index contributed by atoms with van der Waals surface area (Å²) in [7, 11) is 1.45. The van der Waals surface area contributed by atoms with Crippen LogP contribution in [0.5, 0.6) is 0 Å². The van der Waals surface area contributed by atoms with E-state index in [0.29, 0.717) is 0 Å². The van der Waals surface area contributed by atoms with Gasteiger partial charge in [-0.15, -0.1) is 0 Å². The van der Waals surface area contributed by atoms with Crippen molar-refractivity contribution in [3.8, 4) is 0 Å². The topological polar surface area (TPSA) is 29.5 Å². The first kappa shape index (κ1) is 13.4. The van der Waals surface area contributed by atoms with Crippen LogP contribution in [0.25, 0.3) is 0 Å². The van der Waals surface area contributed by atoms with E-state index in [9.17, 15) is 4.79 Å². The van der Waals surface area contributed by atoms with E-state index in [2.05, 4.69) is 4.90 Å². The number of likely N-dealkylation sites (tertiary alicyclic amines) is 1. The van der Waals surface area contributed by atoms with Crippen molar-refractivity contribution in [2.45, 2.75) is 19.4 Å². The number of nitrogens with zero attached hydrogens (tertiary/aromatic N) is 1. The maximum absolute atomic E-state index is 11.6. The molecule has 1 aromatic carbocycles. The van der Waals surface area contributed by atoms with Crippen molar-refractivity contribution in [1.82, 2.24) is 4.90 Å². The number of methoxy groups -OCH3 is 1. The second-order valence-corrected chi connectivity index (χ2v) is 5.10. The lowest BCUT2D eigenvalue weighted by Gasteiger charge is -2.31. The Morgan fingerprint density at radius 2 is 2.28 bits per heavy atom. The van der Waals surface area contributed by atoms with Gasteiger partial charge in [0.25, 0.3) is 0 Å². The number of esters is 1. The van der Waals surface area contributed by atoms with E-state index in [1.807, 2.05) is 24.3 Å². The molecule has 1 aliphatic rings. The molecule has 0 aliphatic carbocycles. The highest BCUT2D eigenvalue weighted by atomic mass is 35.5. The van der Waals surface area contributed by atoms with Crippen LogP contribution in [0, 0.1) is 5.92 Å². The first-order chi connectivity index (χ1) is 8.70. The Labute approximate surface area is 113 Å². The van der Waals surface area contributed by atoms with E-state index < -0.39 is 0 Å². The van der Waals surface area contributed by atoms with Crippen molar-refractivity contribution < 1.29 is 9.53 Å². The first-order valence-electron chi connectivity index (χ1n) is 6.24. The summed E-state index contributed by atoms with van der Waals surface area (Å²) >= 11 is 6.15. The summed E-state index contributed by atoms with van der Waals surface area (Å²) in [6.07, 6.45) is 1.95. The van der Waals surface area contributed by atoms with Gasteiger partial charge >= 0.3 is 5.97 Å². The van der Waals surface area contributed by atoms with Crippen LogP contribution in [0.2, 0.25) is 5.02 Å². The van der Waals surface area contributed by atoms with Crippen molar-refractivity contribution in [1.29, 1.82) is 0 Å². The third-order valence-corrected chi connectivity index (χ3v) is 3.76. The molecule has 0 aromatic heterocycles. The largest absolute Gasteiger partial charge is 0.469 e. The van der Waals surface area contributed by atoms with Gasteiger partial charge in [-0.25, -0.2) is 0 Å². The summed E-state index contributed by atoms with van der Waals surface area (Å²) in [5.74, 6) is -0.0925. The number of ether oxygens (including phenoxy) is 1. The molecule has 0 saturated carbocycles. The quantitative estimate of drug-likeness (QED) is 0.789. The molecule has 0 spiro atoms. The lowest BCUT2D eigenvalue weighted by Crippen LogP contribution is -2.38. The highest BCUT2D eigenvalue weighted by molar-refractivity contribution is 6.31. The summed E-state index contributed by atoms with van der Waals surface area (Å²) in [5, 5.41) is 0.790. The molecule has 18 heavy (non-hydrogen) atoms. The average molecular weight is 268 g/mol. The Bertz CT molecular complexity index is 422. The van der Waals surface area contributed by atoms with Gasteiger partial charge in [0.1, 0.15) is 0 Å². The molecule has 2 rings (SSSR count). The Balaban J connectivity index is 1.98. The number of rotatable bonds is 3. The number of carbonyl (C=O) groups excluding carboxylic acids is 1. The Morgan fingerprint density at radius 1 is 1.50 bits per heavy atom. The zero-order chi connectivity index (χ0) is 13.0. The van der Waals surface area contributed by atoms with Crippen molar-refractivity contribution in [2.24, 2.45) is 5.92 Å². The summed E-state index contributed by atoms with van der Waals surface area (Å²) in [6.45, 7) is 2.57. The lowest BCUT2D eigenvalue weighted by atomic mass is 9.98. The second kappa shape index (κ2) is 6.21. The van der Waals surface area contributed by atoms with Crippen LogP contribution >= 0.6 is 11.6 Å². The van der Waals surface area contributed by atoms with Crippen LogP contribution in [0.1, 0.15) is 18.4 Å². The van der Waals surface area contributed by atoms with Crippen LogP contribution < -0.4 is 0 Å². The average Bonchev–Trinajstić information content (AvgIpc) is 2.41. The van der Waals surface area contributed by atoms with Gasteiger partial charge in [-0.3, -0.25) is 9.69 Å². The first-order valence-corrected chi connectivity index (χ1v) is 6.62. The molecule has 0 unspecified atom stereocenters. The molecule has 0 radical (unpaired) electrons. The standard InChI is InChI=1S/C14H18ClNO2/c1-18-14(17)12-6-4-8-16(10-12)9-11-5-2-3-7-13(11)15/h2-3,5,7,12H,4,6,8-10H2,1H3/t12-/m0/s1. The SMILES string of the molecule is COC(=O)[C@H]1CCCN(Cc2ccccc2Cl)C1. The smallest absolute Gasteiger partial charge is 0.309 e. The highest BCUT2D eigenvalue weighted by Gasteiger charge is 2.26. The molecule has 4 heteroatoms. The maximum atomic E-state index is 11.6. The normalized spacial score (nSPS) is 20.7. The van der Waals surface area contributed by atoms with E-state index in [1.54, 1.807) is 0 Å². The number of hydrogen-bond donors (Lipinski definition) is 0. The van der Waals surface area contributed by atoms with Gasteiger partial charge in [-0.1, -0.05) is 29.8 Å². The predicted molar refractivity (Wildman–Crippen MR) is 71.5 cm³/mol. The van der Waals surface area contributed by atoms with Crippen LogP contribution in [-0.4, -0.2) is 31.1 Å². The van der Waals surface area contributed by atoms with Gasteiger partial charge < -0.3 is 4.74 Å². The van der Waals surface area contributed by atoms with Crippen molar-refractivity contribution in [3.63, 3.8) is 0 Å².